The van der Waals surface area contributed by atoms with E-state index in [1.807, 2.05) is 0 Å². The van der Waals surface area contributed by atoms with E-state index >= 15 is 0 Å². The van der Waals surface area contributed by atoms with E-state index in [1.165, 1.54) is 0 Å². The lowest BCUT2D eigenvalue weighted by Crippen LogP contribution is -2.34. The second kappa shape index (κ2) is 7.06. The average molecular weight is 349 g/mol. The van der Waals surface area contributed by atoms with E-state index in [2.05, 4.69) is 9.72 Å². The molecule has 1 heterocycles. The van der Waals surface area contributed by atoms with Gasteiger partial charge in [0.2, 0.25) is 0 Å². The zero-order valence-electron chi connectivity index (χ0n) is 13.6. The fourth-order valence-corrected chi connectivity index (χ4v) is 1.85. The topological polar surface area (TPSA) is 85.7 Å². The van der Waals surface area contributed by atoms with Crippen LogP contribution in [0.4, 0.5) is 13.2 Å². The van der Waals surface area contributed by atoms with Gasteiger partial charge in [-0.05, 0) is 38.8 Å². The molecule has 1 aromatic rings. The summed E-state index contributed by atoms with van der Waals surface area (Å²) in [5.74, 6) is -4.53. The standard InChI is InChI=1S/C15H18F3NO5/c1-14(2,3)24-13(22)9(12(20)21)5-8-6-10(23-4)11(19-7-8)15(16,17)18/h6-7,9H,5H2,1-4H3,(H,20,21). The van der Waals surface area contributed by atoms with Crippen LogP contribution in [-0.4, -0.2) is 34.7 Å². The van der Waals surface area contributed by atoms with Crippen molar-refractivity contribution in [1.29, 1.82) is 0 Å². The lowest BCUT2D eigenvalue weighted by molar-refractivity contribution is -0.166. The van der Waals surface area contributed by atoms with Crippen LogP contribution < -0.4 is 4.74 Å². The monoisotopic (exact) mass is 349 g/mol. The van der Waals surface area contributed by atoms with E-state index in [0.717, 1.165) is 19.4 Å². The number of aromatic nitrogens is 1. The highest BCUT2D eigenvalue weighted by Crippen LogP contribution is 2.35. The van der Waals surface area contributed by atoms with Crippen molar-refractivity contribution in [2.75, 3.05) is 7.11 Å². The highest BCUT2D eigenvalue weighted by molar-refractivity contribution is 5.94. The fraction of sp³-hybridized carbons (Fsp3) is 0.533. The minimum Gasteiger partial charge on any atom is -0.494 e. The van der Waals surface area contributed by atoms with E-state index in [9.17, 15) is 27.9 Å². The lowest BCUT2D eigenvalue weighted by Gasteiger charge is -2.22. The third-order valence-electron chi connectivity index (χ3n) is 2.83. The molecule has 1 unspecified atom stereocenters. The predicted octanol–water partition coefficient (Wildman–Crippen LogP) is 2.69. The van der Waals surface area contributed by atoms with Gasteiger partial charge < -0.3 is 14.6 Å². The summed E-state index contributed by atoms with van der Waals surface area (Å²) in [5, 5.41) is 9.18. The number of methoxy groups -OCH3 is 1. The van der Waals surface area contributed by atoms with Gasteiger partial charge in [-0.3, -0.25) is 9.59 Å². The van der Waals surface area contributed by atoms with Gasteiger partial charge >= 0.3 is 18.1 Å². The summed E-state index contributed by atoms with van der Waals surface area (Å²) >= 11 is 0. The third kappa shape index (κ3) is 5.39. The number of alkyl halides is 3. The SMILES string of the molecule is COc1cc(CC(C(=O)O)C(=O)OC(C)(C)C)cnc1C(F)(F)F. The summed E-state index contributed by atoms with van der Waals surface area (Å²) in [7, 11) is 1.04. The Kier molecular flexibility index (Phi) is 5.80. The van der Waals surface area contributed by atoms with Gasteiger partial charge in [0.1, 0.15) is 11.4 Å². The van der Waals surface area contributed by atoms with Crippen molar-refractivity contribution in [3.8, 4) is 5.75 Å². The summed E-state index contributed by atoms with van der Waals surface area (Å²) in [5.41, 5.74) is -2.00. The molecule has 1 rings (SSSR count). The van der Waals surface area contributed by atoms with Crippen molar-refractivity contribution in [1.82, 2.24) is 4.98 Å². The van der Waals surface area contributed by atoms with Crippen molar-refractivity contribution in [3.63, 3.8) is 0 Å². The van der Waals surface area contributed by atoms with Crippen LogP contribution in [0.2, 0.25) is 0 Å². The first-order valence-corrected chi connectivity index (χ1v) is 6.91. The van der Waals surface area contributed by atoms with Gasteiger partial charge in [0.25, 0.3) is 0 Å². The molecule has 0 radical (unpaired) electrons. The summed E-state index contributed by atoms with van der Waals surface area (Å²) < 4.78 is 47.9. The van der Waals surface area contributed by atoms with Crippen LogP contribution in [0.25, 0.3) is 0 Å². The second-order valence-corrected chi connectivity index (χ2v) is 6.02. The van der Waals surface area contributed by atoms with Crippen LogP contribution in [0, 0.1) is 5.92 Å². The highest BCUT2D eigenvalue weighted by Gasteiger charge is 2.37. The molecule has 0 aromatic carbocycles. The Morgan fingerprint density at radius 2 is 1.88 bits per heavy atom. The molecule has 0 spiro atoms. The number of nitrogens with zero attached hydrogens (tertiary/aromatic N) is 1. The number of esters is 1. The van der Waals surface area contributed by atoms with Crippen LogP contribution in [0.15, 0.2) is 12.3 Å². The predicted molar refractivity (Wildman–Crippen MR) is 76.5 cm³/mol. The Hall–Kier alpha value is -2.32. The van der Waals surface area contributed by atoms with E-state index < -0.39 is 41.1 Å². The number of hydrogen-bond acceptors (Lipinski definition) is 5. The fourth-order valence-electron chi connectivity index (χ4n) is 1.85. The highest BCUT2D eigenvalue weighted by atomic mass is 19.4. The largest absolute Gasteiger partial charge is 0.494 e. The Balaban J connectivity index is 3.08. The Labute approximate surface area is 136 Å². The smallest absolute Gasteiger partial charge is 0.437 e. The Morgan fingerprint density at radius 1 is 1.29 bits per heavy atom. The van der Waals surface area contributed by atoms with Gasteiger partial charge in [-0.2, -0.15) is 13.2 Å². The van der Waals surface area contributed by atoms with Crippen LogP contribution in [0.1, 0.15) is 32.0 Å². The molecule has 24 heavy (non-hydrogen) atoms. The number of halogens is 3. The molecule has 0 saturated carbocycles. The molecule has 0 bridgehead atoms. The number of rotatable bonds is 5. The molecule has 0 aliphatic carbocycles. The van der Waals surface area contributed by atoms with Gasteiger partial charge in [-0.1, -0.05) is 0 Å². The maximum absolute atomic E-state index is 12.8. The van der Waals surface area contributed by atoms with Gasteiger partial charge in [0, 0.05) is 6.20 Å². The molecule has 0 amide bonds. The molecule has 1 aromatic heterocycles. The van der Waals surface area contributed by atoms with Gasteiger partial charge in [0.15, 0.2) is 11.6 Å². The number of carbonyl (C=O) groups excluding carboxylic acids is 1. The van der Waals surface area contributed by atoms with Crippen molar-refractivity contribution < 1.29 is 37.3 Å². The number of hydrogen-bond donors (Lipinski definition) is 1. The molecule has 1 atom stereocenters. The molecule has 1 N–H and O–H groups in total. The Bertz CT molecular complexity index is 623. The maximum Gasteiger partial charge on any atom is 0.437 e. The van der Waals surface area contributed by atoms with Crippen molar-refractivity contribution in [2.24, 2.45) is 5.92 Å². The molecule has 134 valence electrons. The van der Waals surface area contributed by atoms with Crippen LogP contribution in [0.5, 0.6) is 5.75 Å². The molecule has 0 saturated heterocycles. The lowest BCUT2D eigenvalue weighted by atomic mass is 10.00. The second-order valence-electron chi connectivity index (χ2n) is 6.02. The van der Waals surface area contributed by atoms with Gasteiger partial charge in [-0.25, -0.2) is 4.98 Å². The van der Waals surface area contributed by atoms with Crippen LogP contribution >= 0.6 is 0 Å². The first-order chi connectivity index (χ1) is 10.8. The van der Waals surface area contributed by atoms with Crippen LogP contribution in [0.3, 0.4) is 0 Å². The average Bonchev–Trinajstić information content (AvgIpc) is 2.40. The minimum atomic E-state index is -4.71. The van der Waals surface area contributed by atoms with Crippen molar-refractivity contribution in [3.05, 3.63) is 23.5 Å². The van der Waals surface area contributed by atoms with Crippen molar-refractivity contribution in [2.45, 2.75) is 39.0 Å². The van der Waals surface area contributed by atoms with Crippen LogP contribution in [-0.2, 0) is 26.9 Å². The number of carboxylic acid groups (broad SMARTS) is 1. The van der Waals surface area contributed by atoms with E-state index in [-0.39, 0.29) is 12.0 Å². The van der Waals surface area contributed by atoms with E-state index in [0.29, 0.717) is 0 Å². The van der Waals surface area contributed by atoms with Crippen molar-refractivity contribution >= 4 is 11.9 Å². The molecular formula is C15H18F3NO5. The number of aliphatic carboxylic acids is 1. The summed E-state index contributed by atoms with van der Waals surface area (Å²) in [6, 6.07) is 1.01. The quantitative estimate of drug-likeness (QED) is 0.650. The summed E-state index contributed by atoms with van der Waals surface area (Å²) in [4.78, 5) is 26.5. The Morgan fingerprint density at radius 3 is 2.29 bits per heavy atom. The molecule has 0 aliphatic rings. The zero-order chi connectivity index (χ0) is 18.7. The third-order valence-corrected chi connectivity index (χ3v) is 2.83. The summed E-state index contributed by atoms with van der Waals surface area (Å²) in [6.45, 7) is 4.73. The molecular weight excluding hydrogens is 331 g/mol. The van der Waals surface area contributed by atoms with E-state index in [4.69, 9.17) is 4.74 Å². The molecule has 9 heteroatoms. The van der Waals surface area contributed by atoms with Gasteiger partial charge in [-0.15, -0.1) is 0 Å². The number of ether oxygens (including phenoxy) is 2. The molecule has 0 aliphatic heterocycles. The number of pyridine rings is 1. The number of carboxylic acids is 1. The number of carbonyl (C=O) groups is 2. The normalized spacial score (nSPS) is 13.3. The molecule has 6 nitrogen and oxygen atoms in total. The zero-order valence-corrected chi connectivity index (χ0v) is 13.6. The summed E-state index contributed by atoms with van der Waals surface area (Å²) in [6.07, 6.45) is -4.21. The maximum atomic E-state index is 12.8. The minimum absolute atomic E-state index is 0.109. The first kappa shape index (κ1) is 19.7. The van der Waals surface area contributed by atoms with Gasteiger partial charge in [0.05, 0.1) is 7.11 Å². The van der Waals surface area contributed by atoms with E-state index in [1.54, 1.807) is 20.8 Å². The molecule has 0 fully saturated rings. The first-order valence-electron chi connectivity index (χ1n) is 6.91.